The second-order valence-electron chi connectivity index (χ2n) is 5.53. The summed E-state index contributed by atoms with van der Waals surface area (Å²) in [5.41, 5.74) is 1.91. The van der Waals surface area contributed by atoms with Crippen LogP contribution in [0.25, 0.3) is 0 Å². The summed E-state index contributed by atoms with van der Waals surface area (Å²) in [4.78, 5) is 7.21. The molecule has 0 N–H and O–H groups in total. The van der Waals surface area contributed by atoms with Gasteiger partial charge in [-0.1, -0.05) is 11.6 Å². The normalized spacial score (nSPS) is 17.9. The average Bonchev–Trinajstić information content (AvgIpc) is 2.99. The Labute approximate surface area is 151 Å². The van der Waals surface area contributed by atoms with E-state index in [1.165, 1.54) is 6.26 Å². The highest BCUT2D eigenvalue weighted by Gasteiger charge is 2.27. The standard InChI is InChI=1S/C17H17ClN2O2S2/c1-23-16-11-20(14-7-5-13(18)6-8-14)17(19-16)12-3-9-15(10-4-12)24(2,21)22/h3-10,16H,11H2,1-2H3. The summed E-state index contributed by atoms with van der Waals surface area (Å²) in [6.45, 7) is 0.770. The number of benzene rings is 2. The van der Waals surface area contributed by atoms with Crippen molar-refractivity contribution in [2.24, 2.45) is 4.99 Å². The largest absolute Gasteiger partial charge is 0.323 e. The molecule has 1 unspecified atom stereocenters. The molecule has 7 heteroatoms. The van der Waals surface area contributed by atoms with E-state index in [1.54, 1.807) is 36.0 Å². The van der Waals surface area contributed by atoms with Crippen molar-refractivity contribution < 1.29 is 8.42 Å². The Balaban J connectivity index is 1.97. The number of sulfone groups is 1. The molecule has 0 bridgehead atoms. The van der Waals surface area contributed by atoms with Gasteiger partial charge in [-0.15, -0.1) is 11.8 Å². The van der Waals surface area contributed by atoms with Crippen LogP contribution in [0.3, 0.4) is 0 Å². The lowest BCUT2D eigenvalue weighted by Crippen LogP contribution is -2.29. The van der Waals surface area contributed by atoms with Gasteiger partial charge in [-0.25, -0.2) is 8.42 Å². The molecule has 2 aromatic carbocycles. The molecule has 0 saturated heterocycles. The Kier molecular flexibility index (Phi) is 4.90. The number of aliphatic imine (C=N–C) groups is 1. The van der Waals surface area contributed by atoms with Crippen LogP contribution in [0.15, 0.2) is 58.4 Å². The zero-order valence-electron chi connectivity index (χ0n) is 13.3. The first-order valence-corrected chi connectivity index (χ1v) is 10.9. The fourth-order valence-electron chi connectivity index (χ4n) is 2.55. The van der Waals surface area contributed by atoms with Crippen LogP contribution in [0.4, 0.5) is 5.69 Å². The van der Waals surface area contributed by atoms with Crippen molar-refractivity contribution in [3.05, 3.63) is 59.1 Å². The van der Waals surface area contributed by atoms with E-state index in [4.69, 9.17) is 16.6 Å². The molecule has 0 spiro atoms. The van der Waals surface area contributed by atoms with Gasteiger partial charge in [-0.3, -0.25) is 4.99 Å². The van der Waals surface area contributed by atoms with Gasteiger partial charge in [0.05, 0.1) is 11.4 Å². The highest BCUT2D eigenvalue weighted by atomic mass is 35.5. The molecule has 4 nitrogen and oxygen atoms in total. The predicted octanol–water partition coefficient (Wildman–Crippen LogP) is 3.70. The summed E-state index contributed by atoms with van der Waals surface area (Å²) >= 11 is 7.67. The molecule has 2 aromatic rings. The molecular formula is C17H17ClN2O2S2. The summed E-state index contributed by atoms with van der Waals surface area (Å²) in [6, 6.07) is 14.5. The van der Waals surface area contributed by atoms with E-state index in [1.807, 2.05) is 30.5 Å². The molecule has 1 atom stereocenters. The van der Waals surface area contributed by atoms with Crippen LogP contribution >= 0.6 is 23.4 Å². The molecule has 1 aliphatic rings. The van der Waals surface area contributed by atoms with Gasteiger partial charge >= 0.3 is 0 Å². The maximum Gasteiger partial charge on any atom is 0.175 e. The van der Waals surface area contributed by atoms with Crippen molar-refractivity contribution >= 4 is 44.7 Å². The molecular weight excluding hydrogens is 364 g/mol. The molecule has 0 aliphatic carbocycles. The van der Waals surface area contributed by atoms with Gasteiger partial charge in [0.1, 0.15) is 11.2 Å². The maximum atomic E-state index is 11.6. The molecule has 1 heterocycles. The molecule has 0 aromatic heterocycles. The molecule has 3 rings (SSSR count). The number of nitrogens with zero attached hydrogens (tertiary/aromatic N) is 2. The van der Waals surface area contributed by atoms with Crippen molar-refractivity contribution in [1.29, 1.82) is 0 Å². The Morgan fingerprint density at radius 1 is 1.12 bits per heavy atom. The number of halogens is 1. The molecule has 1 aliphatic heterocycles. The number of anilines is 1. The molecule has 0 fully saturated rings. The van der Waals surface area contributed by atoms with E-state index >= 15 is 0 Å². The van der Waals surface area contributed by atoms with Crippen LogP contribution in [0.2, 0.25) is 5.02 Å². The van der Waals surface area contributed by atoms with Crippen LogP contribution in [-0.2, 0) is 9.84 Å². The summed E-state index contributed by atoms with van der Waals surface area (Å²) in [7, 11) is -3.20. The summed E-state index contributed by atoms with van der Waals surface area (Å²) < 4.78 is 23.3. The Morgan fingerprint density at radius 3 is 2.29 bits per heavy atom. The zero-order chi connectivity index (χ0) is 17.3. The average molecular weight is 381 g/mol. The SMILES string of the molecule is CSC1CN(c2ccc(Cl)cc2)C(c2ccc(S(C)(=O)=O)cc2)=N1. The third kappa shape index (κ3) is 3.61. The van der Waals surface area contributed by atoms with Crippen molar-refractivity contribution in [1.82, 2.24) is 0 Å². The molecule has 0 amide bonds. The van der Waals surface area contributed by atoms with E-state index in [9.17, 15) is 8.42 Å². The van der Waals surface area contributed by atoms with Gasteiger partial charge in [0.2, 0.25) is 0 Å². The highest BCUT2D eigenvalue weighted by Crippen LogP contribution is 2.28. The summed E-state index contributed by atoms with van der Waals surface area (Å²) in [5, 5.41) is 0.834. The van der Waals surface area contributed by atoms with Crippen molar-refractivity contribution in [3.63, 3.8) is 0 Å². The molecule has 126 valence electrons. The lowest BCUT2D eigenvalue weighted by atomic mass is 10.2. The maximum absolute atomic E-state index is 11.6. The van der Waals surface area contributed by atoms with Gasteiger partial charge in [-0.05, 0) is 54.8 Å². The number of thioether (sulfide) groups is 1. The minimum absolute atomic E-state index is 0.144. The topological polar surface area (TPSA) is 49.7 Å². The van der Waals surface area contributed by atoms with Crippen molar-refractivity contribution in [3.8, 4) is 0 Å². The smallest absolute Gasteiger partial charge is 0.175 e. The summed E-state index contributed by atoms with van der Waals surface area (Å²) in [5.74, 6) is 0.844. The third-order valence-corrected chi connectivity index (χ3v) is 5.99. The highest BCUT2D eigenvalue weighted by molar-refractivity contribution is 7.99. The van der Waals surface area contributed by atoms with Crippen molar-refractivity contribution in [2.45, 2.75) is 10.3 Å². The van der Waals surface area contributed by atoms with E-state index in [2.05, 4.69) is 4.90 Å². The Morgan fingerprint density at radius 2 is 1.75 bits per heavy atom. The van der Waals surface area contributed by atoms with Crippen LogP contribution in [0.5, 0.6) is 0 Å². The van der Waals surface area contributed by atoms with E-state index in [-0.39, 0.29) is 5.37 Å². The fraction of sp³-hybridized carbons (Fsp3) is 0.235. The van der Waals surface area contributed by atoms with Crippen LogP contribution < -0.4 is 4.90 Å². The quantitative estimate of drug-likeness (QED) is 0.811. The predicted molar refractivity (Wildman–Crippen MR) is 102 cm³/mol. The first kappa shape index (κ1) is 17.3. The second kappa shape index (κ2) is 6.78. The fourth-order valence-corrected chi connectivity index (χ4v) is 3.81. The number of hydrogen-bond donors (Lipinski definition) is 0. The van der Waals surface area contributed by atoms with E-state index in [0.717, 1.165) is 23.6 Å². The van der Waals surface area contributed by atoms with Crippen molar-refractivity contribution in [2.75, 3.05) is 24.0 Å². The van der Waals surface area contributed by atoms with Crippen LogP contribution in [0, 0.1) is 0 Å². The number of amidine groups is 1. The van der Waals surface area contributed by atoms with Crippen LogP contribution in [0.1, 0.15) is 5.56 Å². The third-order valence-electron chi connectivity index (χ3n) is 3.81. The minimum atomic E-state index is -3.20. The minimum Gasteiger partial charge on any atom is -0.323 e. The zero-order valence-corrected chi connectivity index (χ0v) is 15.7. The molecule has 0 radical (unpaired) electrons. The Bertz CT molecular complexity index is 862. The number of hydrogen-bond acceptors (Lipinski definition) is 5. The molecule has 24 heavy (non-hydrogen) atoms. The lowest BCUT2D eigenvalue weighted by Gasteiger charge is -2.21. The molecule has 0 saturated carbocycles. The monoisotopic (exact) mass is 380 g/mol. The van der Waals surface area contributed by atoms with Gasteiger partial charge < -0.3 is 4.90 Å². The van der Waals surface area contributed by atoms with Gasteiger partial charge in [0.25, 0.3) is 0 Å². The first-order valence-electron chi connectivity index (χ1n) is 7.32. The van der Waals surface area contributed by atoms with E-state index in [0.29, 0.717) is 9.92 Å². The lowest BCUT2D eigenvalue weighted by molar-refractivity contribution is 0.602. The van der Waals surface area contributed by atoms with Gasteiger partial charge in [0, 0.05) is 22.5 Å². The number of rotatable bonds is 4. The summed E-state index contributed by atoms with van der Waals surface area (Å²) in [6.07, 6.45) is 3.24. The van der Waals surface area contributed by atoms with Crippen LogP contribution in [-0.4, -0.2) is 38.7 Å². The van der Waals surface area contributed by atoms with E-state index < -0.39 is 9.84 Å². The Hall–Kier alpha value is -1.50. The first-order chi connectivity index (χ1) is 11.4. The van der Waals surface area contributed by atoms with Gasteiger partial charge in [-0.2, -0.15) is 0 Å². The second-order valence-corrected chi connectivity index (χ2v) is 8.99. The van der Waals surface area contributed by atoms with Gasteiger partial charge in [0.15, 0.2) is 9.84 Å².